The van der Waals surface area contributed by atoms with Crippen LogP contribution in [0.25, 0.3) is 10.2 Å². The molecule has 0 bridgehead atoms. The molecule has 3 rings (SSSR count). The Morgan fingerprint density at radius 1 is 1.48 bits per heavy atom. The summed E-state index contributed by atoms with van der Waals surface area (Å²) in [6.45, 7) is -0.210. The number of nitriles is 1. The number of ether oxygens (including phenoxy) is 1. The van der Waals surface area contributed by atoms with Crippen molar-refractivity contribution in [2.24, 2.45) is 0 Å². The van der Waals surface area contributed by atoms with Gasteiger partial charge in [0.2, 0.25) is 0 Å². The van der Waals surface area contributed by atoms with Crippen LogP contribution in [-0.4, -0.2) is 28.3 Å². The minimum Gasteiger partial charge on any atom is -0.450 e. The monoisotopic (exact) mass is 349 g/mol. The van der Waals surface area contributed by atoms with E-state index in [1.165, 1.54) is 22.2 Å². The fourth-order valence-electron chi connectivity index (χ4n) is 2.62. The molecule has 6 nitrogen and oxygen atoms in total. The van der Waals surface area contributed by atoms with Gasteiger partial charge in [-0.1, -0.05) is 0 Å². The molecule has 8 heteroatoms. The third kappa shape index (κ3) is 3.57. The molecule has 120 valence electrons. The van der Waals surface area contributed by atoms with Gasteiger partial charge in [-0.3, -0.25) is 9.59 Å². The zero-order valence-corrected chi connectivity index (χ0v) is 14.0. The smallest absolute Gasteiger partial charge is 0.307 e. The van der Waals surface area contributed by atoms with Crippen molar-refractivity contribution in [3.63, 3.8) is 0 Å². The predicted octanol–water partition coefficient (Wildman–Crippen LogP) is 2.16. The predicted molar refractivity (Wildman–Crippen MR) is 89.6 cm³/mol. The third-order valence-corrected chi connectivity index (χ3v) is 5.77. The number of hydrogen-bond donors (Lipinski definition) is 1. The van der Waals surface area contributed by atoms with Crippen LogP contribution in [0.3, 0.4) is 0 Å². The van der Waals surface area contributed by atoms with Crippen LogP contribution in [0.15, 0.2) is 4.79 Å². The van der Waals surface area contributed by atoms with Gasteiger partial charge in [0.1, 0.15) is 16.7 Å². The van der Waals surface area contributed by atoms with Crippen molar-refractivity contribution in [3.8, 4) is 6.07 Å². The third-order valence-electron chi connectivity index (χ3n) is 3.61. The van der Waals surface area contributed by atoms with Gasteiger partial charge < -0.3 is 9.72 Å². The molecule has 0 radical (unpaired) electrons. The van der Waals surface area contributed by atoms with Crippen molar-refractivity contribution in [3.05, 3.63) is 26.6 Å². The summed E-state index contributed by atoms with van der Waals surface area (Å²) in [6, 6.07) is 1.76. The molecule has 0 atom stereocenters. The van der Waals surface area contributed by atoms with Crippen LogP contribution < -0.4 is 5.56 Å². The Morgan fingerprint density at radius 2 is 2.35 bits per heavy atom. The topological polar surface area (TPSA) is 95.8 Å². The molecule has 2 aromatic rings. The number of aryl methyl sites for hydroxylation is 2. The molecular weight excluding hydrogens is 334 g/mol. The van der Waals surface area contributed by atoms with E-state index in [1.807, 2.05) is 0 Å². The minimum atomic E-state index is -0.384. The number of thiophene rings is 1. The van der Waals surface area contributed by atoms with Gasteiger partial charge in [0, 0.05) is 10.6 Å². The van der Waals surface area contributed by atoms with Gasteiger partial charge in [0.15, 0.2) is 6.61 Å². The van der Waals surface area contributed by atoms with Crippen LogP contribution in [0.5, 0.6) is 0 Å². The normalized spacial score (nSPS) is 13.0. The standard InChI is InChI=1S/C15H15N3O3S2/c16-5-6-21-12(19)4-7-22-8-11-17-14(20)13-9-2-1-3-10(9)23-15(13)18-11/h1-4,6-8H2,(H,17,18,20). The number of fused-ring (bicyclic) bond motifs is 3. The maximum Gasteiger partial charge on any atom is 0.307 e. The van der Waals surface area contributed by atoms with Gasteiger partial charge in [0.25, 0.3) is 5.56 Å². The number of aromatic amines is 1. The number of H-pyrrole nitrogens is 1. The Morgan fingerprint density at radius 3 is 3.17 bits per heavy atom. The quantitative estimate of drug-likeness (QED) is 0.634. The molecule has 0 fully saturated rings. The van der Waals surface area contributed by atoms with Gasteiger partial charge in [-0.2, -0.15) is 17.0 Å². The summed E-state index contributed by atoms with van der Waals surface area (Å²) in [6.07, 6.45) is 3.38. The molecule has 0 unspecified atom stereocenters. The number of esters is 1. The van der Waals surface area contributed by atoms with Crippen molar-refractivity contribution in [2.45, 2.75) is 31.4 Å². The number of hydrogen-bond acceptors (Lipinski definition) is 7. The van der Waals surface area contributed by atoms with Gasteiger partial charge in [-0.25, -0.2) is 4.98 Å². The molecule has 0 saturated carbocycles. The molecule has 0 saturated heterocycles. The lowest BCUT2D eigenvalue weighted by molar-refractivity contribution is -0.141. The molecule has 2 heterocycles. The number of carbonyl (C=O) groups is 1. The van der Waals surface area contributed by atoms with Crippen LogP contribution in [-0.2, 0) is 28.1 Å². The SMILES string of the molecule is N#CCOC(=O)CCSCc1nc2sc3c(c2c(=O)[nH]1)CCC3. The van der Waals surface area contributed by atoms with Gasteiger partial charge in [-0.05, 0) is 24.8 Å². The van der Waals surface area contributed by atoms with Crippen molar-refractivity contribution >= 4 is 39.3 Å². The van der Waals surface area contributed by atoms with E-state index in [9.17, 15) is 9.59 Å². The van der Waals surface area contributed by atoms with E-state index in [2.05, 4.69) is 14.7 Å². The maximum absolute atomic E-state index is 12.3. The Labute approximate surface area is 140 Å². The molecule has 0 aromatic carbocycles. The second-order valence-electron chi connectivity index (χ2n) is 5.17. The Bertz CT molecular complexity index is 835. The first-order valence-electron chi connectivity index (χ1n) is 7.33. The number of aromatic nitrogens is 2. The molecule has 0 aliphatic heterocycles. The molecule has 2 aromatic heterocycles. The molecular formula is C15H15N3O3S2. The van der Waals surface area contributed by atoms with Crippen molar-refractivity contribution < 1.29 is 9.53 Å². The van der Waals surface area contributed by atoms with Crippen molar-refractivity contribution in [1.82, 2.24) is 9.97 Å². The van der Waals surface area contributed by atoms with Gasteiger partial charge in [-0.15, -0.1) is 11.3 Å². The fourth-order valence-corrected chi connectivity index (χ4v) is 4.69. The van der Waals surface area contributed by atoms with E-state index in [4.69, 9.17) is 5.26 Å². The van der Waals surface area contributed by atoms with E-state index < -0.39 is 0 Å². The summed E-state index contributed by atoms with van der Waals surface area (Å²) in [5.74, 6) is 1.36. The van der Waals surface area contributed by atoms with E-state index in [0.717, 1.165) is 29.5 Å². The summed E-state index contributed by atoms with van der Waals surface area (Å²) in [4.78, 5) is 33.1. The summed E-state index contributed by atoms with van der Waals surface area (Å²) < 4.78 is 4.67. The first-order valence-corrected chi connectivity index (χ1v) is 9.30. The highest BCUT2D eigenvalue weighted by atomic mass is 32.2. The molecule has 0 amide bonds. The second-order valence-corrected chi connectivity index (χ2v) is 7.36. The van der Waals surface area contributed by atoms with Crippen LogP contribution >= 0.6 is 23.1 Å². The fraction of sp³-hybridized carbons (Fsp3) is 0.467. The minimum absolute atomic E-state index is 0.0570. The molecule has 1 N–H and O–H groups in total. The lowest BCUT2D eigenvalue weighted by atomic mass is 10.2. The lowest BCUT2D eigenvalue weighted by Crippen LogP contribution is -2.11. The second kappa shape index (κ2) is 7.15. The number of thioether (sulfide) groups is 1. The van der Waals surface area contributed by atoms with Crippen molar-refractivity contribution in [2.75, 3.05) is 12.4 Å². The molecule has 23 heavy (non-hydrogen) atoms. The first-order chi connectivity index (χ1) is 11.2. The zero-order valence-electron chi connectivity index (χ0n) is 12.4. The molecule has 0 spiro atoms. The molecule has 1 aliphatic rings. The Kier molecular flexibility index (Phi) is 4.98. The Hall–Kier alpha value is -1.85. The van der Waals surface area contributed by atoms with Gasteiger partial charge >= 0.3 is 5.97 Å². The highest BCUT2D eigenvalue weighted by Crippen LogP contribution is 2.34. The van der Waals surface area contributed by atoms with Crippen LogP contribution in [0.1, 0.15) is 29.1 Å². The number of rotatable bonds is 6. The highest BCUT2D eigenvalue weighted by molar-refractivity contribution is 7.98. The summed E-state index contributed by atoms with van der Waals surface area (Å²) >= 11 is 3.13. The van der Waals surface area contributed by atoms with Crippen LogP contribution in [0, 0.1) is 11.3 Å². The summed E-state index contributed by atoms with van der Waals surface area (Å²) in [5.41, 5.74) is 1.12. The van der Waals surface area contributed by atoms with E-state index in [-0.39, 0.29) is 24.6 Å². The van der Waals surface area contributed by atoms with Crippen molar-refractivity contribution in [1.29, 1.82) is 5.26 Å². The number of carbonyl (C=O) groups excluding carboxylic acids is 1. The van der Waals surface area contributed by atoms with Crippen LogP contribution in [0.2, 0.25) is 0 Å². The first kappa shape index (κ1) is 16.0. The maximum atomic E-state index is 12.3. The molecule has 1 aliphatic carbocycles. The van der Waals surface area contributed by atoms with E-state index in [1.54, 1.807) is 17.4 Å². The largest absolute Gasteiger partial charge is 0.450 e. The average molecular weight is 349 g/mol. The summed E-state index contributed by atoms with van der Waals surface area (Å²) in [5, 5.41) is 9.08. The van der Waals surface area contributed by atoms with E-state index >= 15 is 0 Å². The average Bonchev–Trinajstić information content (AvgIpc) is 3.09. The highest BCUT2D eigenvalue weighted by Gasteiger charge is 2.20. The summed E-state index contributed by atoms with van der Waals surface area (Å²) in [7, 11) is 0. The number of nitrogens with zero attached hydrogens (tertiary/aromatic N) is 2. The van der Waals surface area contributed by atoms with E-state index in [0.29, 0.717) is 17.3 Å². The Balaban J connectivity index is 1.60. The lowest BCUT2D eigenvalue weighted by Gasteiger charge is -2.02. The zero-order chi connectivity index (χ0) is 16.2. The van der Waals surface area contributed by atoms with Crippen LogP contribution in [0.4, 0.5) is 0 Å². The van der Waals surface area contributed by atoms with Gasteiger partial charge in [0.05, 0.1) is 17.6 Å². The number of nitrogens with one attached hydrogen (secondary N) is 1.